The largest absolute Gasteiger partial charge is 0.573 e. The lowest BCUT2D eigenvalue weighted by Crippen LogP contribution is -2.39. The molecule has 1 saturated carbocycles. The normalized spacial score (nSPS) is 22.8. The minimum Gasteiger partial charge on any atom is -0.406 e. The molecule has 2 unspecified atom stereocenters. The second-order valence-electron chi connectivity index (χ2n) is 7.90. The first-order valence-corrected chi connectivity index (χ1v) is 9.81. The first-order chi connectivity index (χ1) is 15.1. The number of halogens is 3. The van der Waals surface area contributed by atoms with Crippen molar-refractivity contribution >= 4 is 39.9 Å². The molecule has 7 nitrogen and oxygen atoms in total. The lowest BCUT2D eigenvalue weighted by molar-refractivity contribution is -0.274. The van der Waals surface area contributed by atoms with Crippen LogP contribution in [0.2, 0.25) is 0 Å². The van der Waals surface area contributed by atoms with E-state index in [1.165, 1.54) is 23.2 Å². The number of alkyl halides is 3. The molecule has 1 aliphatic heterocycles. The standard InChI is InChI=1S/C22H17F3N4O3/c1-12-11-21(12)19(30)28(13-5-7-14(8-6-13)32-22(23,24)25)20(31)29(21)17-9-10-27-18-15(17)3-2-4-16(18)26/h2-10,12H,11,26H2,1H3. The maximum Gasteiger partial charge on any atom is 0.573 e. The number of ether oxygens (including phenoxy) is 1. The third-order valence-electron chi connectivity index (χ3n) is 5.98. The smallest absolute Gasteiger partial charge is 0.406 e. The summed E-state index contributed by atoms with van der Waals surface area (Å²) in [6.07, 6.45) is -2.84. The molecule has 0 radical (unpaired) electrons. The molecule has 2 heterocycles. The number of nitrogens with zero attached hydrogens (tertiary/aromatic N) is 3. The second kappa shape index (κ2) is 6.59. The summed E-state index contributed by atoms with van der Waals surface area (Å²) in [4.78, 5) is 33.7. The maximum absolute atomic E-state index is 13.5. The van der Waals surface area contributed by atoms with Crippen LogP contribution in [0.4, 0.5) is 35.0 Å². The highest BCUT2D eigenvalue weighted by Crippen LogP contribution is 2.56. The molecule has 2 atom stereocenters. The number of nitrogens with two attached hydrogens (primary N) is 1. The van der Waals surface area contributed by atoms with Gasteiger partial charge in [-0.25, -0.2) is 9.69 Å². The van der Waals surface area contributed by atoms with E-state index in [2.05, 4.69) is 9.72 Å². The zero-order valence-corrected chi connectivity index (χ0v) is 16.8. The van der Waals surface area contributed by atoms with Gasteiger partial charge in [0.2, 0.25) is 0 Å². The van der Waals surface area contributed by atoms with Gasteiger partial charge in [-0.1, -0.05) is 19.1 Å². The monoisotopic (exact) mass is 442 g/mol. The number of hydrogen-bond donors (Lipinski definition) is 1. The maximum atomic E-state index is 13.5. The van der Waals surface area contributed by atoms with Crippen LogP contribution in [0, 0.1) is 5.92 Å². The Labute approximate surface area is 180 Å². The summed E-state index contributed by atoms with van der Waals surface area (Å²) < 4.78 is 41.2. The number of benzene rings is 2. The molecule has 164 valence electrons. The number of pyridine rings is 1. The summed E-state index contributed by atoms with van der Waals surface area (Å²) >= 11 is 0. The van der Waals surface area contributed by atoms with Crippen LogP contribution in [0.1, 0.15) is 13.3 Å². The fraction of sp³-hybridized carbons (Fsp3) is 0.227. The molecule has 2 aliphatic rings. The molecule has 1 aliphatic carbocycles. The van der Waals surface area contributed by atoms with E-state index in [9.17, 15) is 22.8 Å². The van der Waals surface area contributed by atoms with E-state index in [0.717, 1.165) is 17.0 Å². The van der Waals surface area contributed by atoms with Gasteiger partial charge in [-0.3, -0.25) is 14.7 Å². The topological polar surface area (TPSA) is 88.8 Å². The Hall–Kier alpha value is -3.82. The van der Waals surface area contributed by atoms with Gasteiger partial charge in [0.05, 0.1) is 22.6 Å². The van der Waals surface area contributed by atoms with Crippen LogP contribution in [0.3, 0.4) is 0 Å². The Kier molecular flexibility index (Phi) is 4.14. The lowest BCUT2D eigenvalue weighted by Gasteiger charge is -2.24. The molecule has 0 bridgehead atoms. The van der Waals surface area contributed by atoms with E-state index in [-0.39, 0.29) is 11.6 Å². The van der Waals surface area contributed by atoms with E-state index in [1.54, 1.807) is 24.3 Å². The van der Waals surface area contributed by atoms with Crippen LogP contribution in [0.25, 0.3) is 10.9 Å². The first kappa shape index (κ1) is 20.1. The van der Waals surface area contributed by atoms with Crippen molar-refractivity contribution < 1.29 is 27.5 Å². The van der Waals surface area contributed by atoms with Gasteiger partial charge in [-0.05, 0) is 48.7 Å². The Balaban J connectivity index is 1.58. The molecular weight excluding hydrogens is 425 g/mol. The number of nitrogen functional groups attached to an aromatic ring is 1. The summed E-state index contributed by atoms with van der Waals surface area (Å²) in [5.41, 5.74) is 6.60. The number of aromatic nitrogens is 1. The van der Waals surface area contributed by atoms with E-state index < -0.39 is 29.6 Å². The lowest BCUT2D eigenvalue weighted by atomic mass is 10.1. The summed E-state index contributed by atoms with van der Waals surface area (Å²) in [6.45, 7) is 1.87. The number of fused-ring (bicyclic) bond motifs is 1. The molecule has 3 aromatic rings. The van der Waals surface area contributed by atoms with Crippen molar-refractivity contribution in [3.8, 4) is 5.75 Å². The number of anilines is 3. The van der Waals surface area contributed by atoms with E-state index >= 15 is 0 Å². The SMILES string of the molecule is CC1CC12C(=O)N(c1ccc(OC(F)(F)F)cc1)C(=O)N2c1ccnc2c(N)cccc12. The van der Waals surface area contributed by atoms with Crippen molar-refractivity contribution in [3.05, 3.63) is 54.7 Å². The molecule has 3 amide bonds. The predicted molar refractivity (Wildman–Crippen MR) is 111 cm³/mol. The van der Waals surface area contributed by atoms with Gasteiger partial charge in [0.1, 0.15) is 11.3 Å². The van der Waals surface area contributed by atoms with Gasteiger partial charge in [-0.2, -0.15) is 0 Å². The molecule has 2 aromatic carbocycles. The number of rotatable bonds is 3. The zero-order valence-electron chi connectivity index (χ0n) is 16.8. The highest BCUT2D eigenvalue weighted by Gasteiger charge is 2.70. The number of carbonyl (C=O) groups excluding carboxylic acids is 2. The van der Waals surface area contributed by atoms with Crippen LogP contribution in [0.15, 0.2) is 54.7 Å². The molecule has 1 saturated heterocycles. The molecule has 10 heteroatoms. The number of carbonyl (C=O) groups is 2. The van der Waals surface area contributed by atoms with Crippen molar-refractivity contribution in [1.82, 2.24) is 4.98 Å². The molecule has 1 spiro atoms. The fourth-order valence-electron chi connectivity index (χ4n) is 4.39. The number of imide groups is 1. The molecule has 2 N–H and O–H groups in total. The van der Waals surface area contributed by atoms with Crippen LogP contribution >= 0.6 is 0 Å². The highest BCUT2D eigenvalue weighted by molar-refractivity contribution is 6.33. The number of para-hydroxylation sites is 1. The molecule has 2 fully saturated rings. The third-order valence-corrected chi connectivity index (χ3v) is 5.98. The van der Waals surface area contributed by atoms with Gasteiger partial charge in [0.15, 0.2) is 0 Å². The van der Waals surface area contributed by atoms with Gasteiger partial charge in [0, 0.05) is 11.6 Å². The van der Waals surface area contributed by atoms with Crippen molar-refractivity contribution in [1.29, 1.82) is 0 Å². The van der Waals surface area contributed by atoms with Crippen molar-refractivity contribution in [2.24, 2.45) is 5.92 Å². The zero-order chi connectivity index (χ0) is 22.8. The summed E-state index contributed by atoms with van der Waals surface area (Å²) in [5, 5.41) is 0.628. The van der Waals surface area contributed by atoms with Gasteiger partial charge in [-0.15, -0.1) is 13.2 Å². The molecule has 32 heavy (non-hydrogen) atoms. The molecular formula is C22H17F3N4O3. The summed E-state index contributed by atoms with van der Waals surface area (Å²) in [6, 6.07) is 10.9. The molecule has 5 rings (SSSR count). The number of amides is 3. The van der Waals surface area contributed by atoms with E-state index in [1.807, 2.05) is 6.92 Å². The second-order valence-corrected chi connectivity index (χ2v) is 7.90. The van der Waals surface area contributed by atoms with Crippen LogP contribution < -0.4 is 20.3 Å². The summed E-state index contributed by atoms with van der Waals surface area (Å²) in [5.74, 6) is -0.961. The molecule has 1 aromatic heterocycles. The highest BCUT2D eigenvalue weighted by atomic mass is 19.4. The number of urea groups is 1. The Morgan fingerprint density at radius 3 is 2.44 bits per heavy atom. The number of hydrogen-bond acceptors (Lipinski definition) is 5. The average molecular weight is 442 g/mol. The predicted octanol–water partition coefficient (Wildman–Crippen LogP) is 4.47. The van der Waals surface area contributed by atoms with E-state index in [0.29, 0.717) is 28.7 Å². The van der Waals surface area contributed by atoms with Crippen molar-refractivity contribution in [2.45, 2.75) is 25.2 Å². The van der Waals surface area contributed by atoms with Gasteiger partial charge >= 0.3 is 12.4 Å². The van der Waals surface area contributed by atoms with Crippen LogP contribution in [-0.4, -0.2) is 28.8 Å². The summed E-state index contributed by atoms with van der Waals surface area (Å²) in [7, 11) is 0. The van der Waals surface area contributed by atoms with Gasteiger partial charge < -0.3 is 10.5 Å². The third kappa shape index (κ3) is 2.86. The van der Waals surface area contributed by atoms with E-state index in [4.69, 9.17) is 5.73 Å². The van der Waals surface area contributed by atoms with Crippen molar-refractivity contribution in [3.63, 3.8) is 0 Å². The average Bonchev–Trinajstić information content (AvgIpc) is 3.34. The van der Waals surface area contributed by atoms with Crippen molar-refractivity contribution in [2.75, 3.05) is 15.5 Å². The van der Waals surface area contributed by atoms with Crippen LogP contribution in [0.5, 0.6) is 5.75 Å². The minimum absolute atomic E-state index is 0.0962. The fourth-order valence-corrected chi connectivity index (χ4v) is 4.39. The first-order valence-electron chi connectivity index (χ1n) is 9.81. The quantitative estimate of drug-likeness (QED) is 0.478. The van der Waals surface area contributed by atoms with Gasteiger partial charge in [0.25, 0.3) is 5.91 Å². The Morgan fingerprint density at radius 1 is 1.12 bits per heavy atom. The van der Waals surface area contributed by atoms with Crippen LogP contribution in [-0.2, 0) is 4.79 Å². The Morgan fingerprint density at radius 2 is 1.81 bits per heavy atom. The Bertz CT molecular complexity index is 1260. The minimum atomic E-state index is -4.84.